The quantitative estimate of drug-likeness (QED) is 0.689. The lowest BCUT2D eigenvalue weighted by Crippen LogP contribution is -2.35. The third-order valence-corrected chi connectivity index (χ3v) is 4.72. The highest BCUT2D eigenvalue weighted by molar-refractivity contribution is 6.17. The van der Waals surface area contributed by atoms with Gasteiger partial charge in [-0.3, -0.25) is 0 Å². The van der Waals surface area contributed by atoms with E-state index in [0.29, 0.717) is 6.04 Å². The average molecular weight is 230 g/mol. The summed E-state index contributed by atoms with van der Waals surface area (Å²) in [6.45, 7) is 3.50. The summed E-state index contributed by atoms with van der Waals surface area (Å²) in [5.41, 5.74) is 0. The summed E-state index contributed by atoms with van der Waals surface area (Å²) >= 11 is 5.79. The van der Waals surface area contributed by atoms with Gasteiger partial charge in [0.05, 0.1) is 0 Å². The average Bonchev–Trinajstić information content (AvgIpc) is 2.85. The highest BCUT2D eigenvalue weighted by atomic mass is 35.5. The maximum Gasteiger partial charge on any atom is 0.0238 e. The van der Waals surface area contributed by atoms with Crippen LogP contribution in [0.15, 0.2) is 0 Å². The lowest BCUT2D eigenvalue weighted by Gasteiger charge is -2.25. The Hall–Kier alpha value is 0.250. The second-order valence-corrected chi connectivity index (χ2v) is 5.80. The monoisotopic (exact) mass is 229 g/mol. The van der Waals surface area contributed by atoms with E-state index in [0.717, 1.165) is 30.1 Å². The smallest absolute Gasteiger partial charge is 0.0238 e. The molecule has 0 aromatic carbocycles. The molecule has 0 heterocycles. The molecule has 2 saturated carbocycles. The first-order valence-electron chi connectivity index (χ1n) is 6.62. The molecule has 2 bridgehead atoms. The maximum absolute atomic E-state index is 5.79. The van der Waals surface area contributed by atoms with Gasteiger partial charge in [0.15, 0.2) is 0 Å². The molecule has 2 heteroatoms. The van der Waals surface area contributed by atoms with Gasteiger partial charge in [0.2, 0.25) is 0 Å². The van der Waals surface area contributed by atoms with Crippen molar-refractivity contribution < 1.29 is 0 Å². The molecule has 4 atom stereocenters. The standard InChI is InChI=1S/C13H24ClN/c1-2-13(5-6-14)15-9-12-8-10-3-4-11(12)7-10/h10-13,15H,2-9H2,1H3. The van der Waals surface area contributed by atoms with Crippen LogP contribution in [0.5, 0.6) is 0 Å². The topological polar surface area (TPSA) is 12.0 Å². The second-order valence-electron chi connectivity index (χ2n) is 5.43. The van der Waals surface area contributed by atoms with Gasteiger partial charge >= 0.3 is 0 Å². The molecule has 0 spiro atoms. The molecule has 88 valence electrons. The Labute approximate surface area is 99.0 Å². The molecule has 15 heavy (non-hydrogen) atoms. The van der Waals surface area contributed by atoms with Crippen LogP contribution in [-0.2, 0) is 0 Å². The molecule has 2 rings (SSSR count). The molecule has 1 nitrogen and oxygen atoms in total. The number of fused-ring (bicyclic) bond motifs is 2. The predicted molar refractivity (Wildman–Crippen MR) is 66.4 cm³/mol. The molecule has 1 N–H and O–H groups in total. The summed E-state index contributed by atoms with van der Waals surface area (Å²) < 4.78 is 0. The Balaban J connectivity index is 1.69. The van der Waals surface area contributed by atoms with Gasteiger partial charge in [-0.25, -0.2) is 0 Å². The molecular formula is C13H24ClN. The Morgan fingerprint density at radius 3 is 2.73 bits per heavy atom. The fourth-order valence-electron chi connectivity index (χ4n) is 3.53. The van der Waals surface area contributed by atoms with Gasteiger partial charge in [-0.1, -0.05) is 13.3 Å². The lowest BCUT2D eigenvalue weighted by molar-refractivity contribution is 0.302. The van der Waals surface area contributed by atoms with Crippen molar-refractivity contribution in [3.63, 3.8) is 0 Å². The Morgan fingerprint density at radius 1 is 1.33 bits per heavy atom. The molecule has 2 aliphatic carbocycles. The van der Waals surface area contributed by atoms with Crippen LogP contribution in [0.4, 0.5) is 0 Å². The number of hydrogen-bond acceptors (Lipinski definition) is 1. The highest BCUT2D eigenvalue weighted by Crippen LogP contribution is 2.47. The van der Waals surface area contributed by atoms with Crippen LogP contribution >= 0.6 is 11.6 Å². The summed E-state index contributed by atoms with van der Waals surface area (Å²) in [6.07, 6.45) is 8.38. The largest absolute Gasteiger partial charge is 0.314 e. The summed E-state index contributed by atoms with van der Waals surface area (Å²) in [6, 6.07) is 0.654. The van der Waals surface area contributed by atoms with Gasteiger partial charge in [0.25, 0.3) is 0 Å². The first-order chi connectivity index (χ1) is 7.33. The van der Waals surface area contributed by atoms with Crippen LogP contribution in [-0.4, -0.2) is 18.5 Å². The number of halogens is 1. The van der Waals surface area contributed by atoms with E-state index < -0.39 is 0 Å². The number of alkyl halides is 1. The molecular weight excluding hydrogens is 206 g/mol. The van der Waals surface area contributed by atoms with Crippen LogP contribution in [0.3, 0.4) is 0 Å². The van der Waals surface area contributed by atoms with E-state index >= 15 is 0 Å². The molecule has 0 aromatic rings. The van der Waals surface area contributed by atoms with Gasteiger partial charge in [-0.2, -0.15) is 0 Å². The van der Waals surface area contributed by atoms with Gasteiger partial charge in [-0.05, 0) is 56.4 Å². The number of nitrogens with one attached hydrogen (secondary N) is 1. The molecule has 4 unspecified atom stereocenters. The van der Waals surface area contributed by atoms with Crippen LogP contribution in [0, 0.1) is 17.8 Å². The lowest BCUT2D eigenvalue weighted by atomic mass is 9.88. The van der Waals surface area contributed by atoms with Crippen molar-refractivity contribution in [1.82, 2.24) is 5.32 Å². The van der Waals surface area contributed by atoms with Gasteiger partial charge in [0.1, 0.15) is 0 Å². The Morgan fingerprint density at radius 2 is 2.20 bits per heavy atom. The van der Waals surface area contributed by atoms with Crippen molar-refractivity contribution in [3.8, 4) is 0 Å². The zero-order valence-corrected chi connectivity index (χ0v) is 10.6. The van der Waals surface area contributed by atoms with Crippen LogP contribution in [0.25, 0.3) is 0 Å². The minimum absolute atomic E-state index is 0.654. The van der Waals surface area contributed by atoms with Crippen molar-refractivity contribution >= 4 is 11.6 Å². The fourth-order valence-corrected chi connectivity index (χ4v) is 3.79. The summed E-state index contributed by atoms with van der Waals surface area (Å²) in [7, 11) is 0. The second kappa shape index (κ2) is 5.54. The van der Waals surface area contributed by atoms with Crippen molar-refractivity contribution in [2.75, 3.05) is 12.4 Å². The summed E-state index contributed by atoms with van der Waals surface area (Å²) in [4.78, 5) is 0. The maximum atomic E-state index is 5.79. The molecule has 0 aliphatic heterocycles. The Kier molecular flexibility index (Phi) is 4.33. The van der Waals surface area contributed by atoms with Crippen LogP contribution < -0.4 is 5.32 Å². The van der Waals surface area contributed by atoms with Crippen LogP contribution in [0.1, 0.15) is 45.4 Å². The van der Waals surface area contributed by atoms with E-state index in [2.05, 4.69) is 12.2 Å². The minimum atomic E-state index is 0.654. The zero-order valence-electron chi connectivity index (χ0n) is 9.84. The predicted octanol–water partition coefficient (Wildman–Crippen LogP) is 3.42. The SMILES string of the molecule is CCC(CCCl)NCC1CC2CCC1C2. The minimum Gasteiger partial charge on any atom is -0.314 e. The molecule has 0 radical (unpaired) electrons. The van der Waals surface area contributed by atoms with E-state index in [4.69, 9.17) is 11.6 Å². The van der Waals surface area contributed by atoms with E-state index in [1.54, 1.807) is 0 Å². The van der Waals surface area contributed by atoms with E-state index in [9.17, 15) is 0 Å². The highest BCUT2D eigenvalue weighted by Gasteiger charge is 2.39. The number of rotatable bonds is 6. The third kappa shape index (κ3) is 2.88. The summed E-state index contributed by atoms with van der Waals surface area (Å²) in [5.74, 6) is 3.90. The first kappa shape index (κ1) is 11.7. The van der Waals surface area contributed by atoms with Gasteiger partial charge in [-0.15, -0.1) is 11.6 Å². The van der Waals surface area contributed by atoms with Gasteiger partial charge in [0, 0.05) is 11.9 Å². The zero-order chi connectivity index (χ0) is 10.7. The van der Waals surface area contributed by atoms with Crippen molar-refractivity contribution in [2.24, 2.45) is 17.8 Å². The van der Waals surface area contributed by atoms with Crippen molar-refractivity contribution in [3.05, 3.63) is 0 Å². The van der Waals surface area contributed by atoms with E-state index in [1.165, 1.54) is 38.6 Å². The number of hydrogen-bond donors (Lipinski definition) is 1. The van der Waals surface area contributed by atoms with Crippen molar-refractivity contribution in [2.45, 2.75) is 51.5 Å². The van der Waals surface area contributed by atoms with Crippen molar-refractivity contribution in [1.29, 1.82) is 0 Å². The molecule has 0 saturated heterocycles. The van der Waals surface area contributed by atoms with Crippen LogP contribution in [0.2, 0.25) is 0 Å². The summed E-state index contributed by atoms with van der Waals surface area (Å²) in [5, 5.41) is 3.71. The van der Waals surface area contributed by atoms with E-state index in [1.807, 2.05) is 0 Å². The van der Waals surface area contributed by atoms with Gasteiger partial charge < -0.3 is 5.32 Å². The Bertz CT molecular complexity index is 195. The third-order valence-electron chi connectivity index (χ3n) is 4.50. The fraction of sp³-hybridized carbons (Fsp3) is 1.00. The normalized spacial score (nSPS) is 36.0. The molecule has 2 fully saturated rings. The molecule has 2 aliphatic rings. The molecule has 0 aromatic heterocycles. The molecule has 0 amide bonds. The van der Waals surface area contributed by atoms with E-state index in [-0.39, 0.29) is 0 Å². The first-order valence-corrected chi connectivity index (χ1v) is 7.16.